The third kappa shape index (κ3) is 2.77. The highest BCUT2D eigenvalue weighted by atomic mass is 35.5. The summed E-state index contributed by atoms with van der Waals surface area (Å²) >= 11 is 5.45. The summed E-state index contributed by atoms with van der Waals surface area (Å²) in [6.45, 7) is 5.34. The van der Waals surface area contributed by atoms with Gasteiger partial charge in [-0.25, -0.2) is 0 Å². The summed E-state index contributed by atoms with van der Waals surface area (Å²) in [5.74, 6) is 0.675. The molecule has 1 saturated heterocycles. The van der Waals surface area contributed by atoms with Gasteiger partial charge in [-0.15, -0.1) is 0 Å². The summed E-state index contributed by atoms with van der Waals surface area (Å²) in [6, 6.07) is 0.329. The Hall–Kier alpha value is -0.0500. The molecule has 0 amide bonds. The quantitative estimate of drug-likeness (QED) is 0.726. The number of hydrogen-bond acceptors (Lipinski definition) is 2. The van der Waals surface area contributed by atoms with Gasteiger partial charge < -0.3 is 5.73 Å². The van der Waals surface area contributed by atoms with Crippen molar-refractivity contribution in [2.24, 2.45) is 11.7 Å². The van der Waals surface area contributed by atoms with E-state index in [-0.39, 0.29) is 0 Å². The smallest absolute Gasteiger partial charge is 0.0174 e. The normalized spacial score (nSPS) is 28.4. The summed E-state index contributed by atoms with van der Waals surface area (Å²) in [6.07, 6.45) is 3.21. The van der Waals surface area contributed by atoms with Crippen LogP contribution in [0.15, 0.2) is 11.6 Å². The molecule has 0 radical (unpaired) electrons. The minimum atomic E-state index is 0.329. The predicted octanol–water partition coefficient (Wildman–Crippen LogP) is 1.41. The SMILES string of the molecule is CC(N)C1CCN(C/C=C/Cl)C1. The maximum absolute atomic E-state index is 5.82. The Morgan fingerprint density at radius 3 is 3.00 bits per heavy atom. The van der Waals surface area contributed by atoms with E-state index in [4.69, 9.17) is 17.3 Å². The Bertz CT molecular complexity index is 157. The Kier molecular flexibility index (Phi) is 4.06. The van der Waals surface area contributed by atoms with Crippen LogP contribution in [0.25, 0.3) is 0 Å². The predicted molar refractivity (Wildman–Crippen MR) is 53.2 cm³/mol. The standard InChI is InChI=1S/C9H17ClN2/c1-8(11)9-3-6-12(7-9)5-2-4-10/h2,4,8-9H,3,5-7,11H2,1H3/b4-2+. The van der Waals surface area contributed by atoms with Gasteiger partial charge in [0.25, 0.3) is 0 Å². The molecule has 70 valence electrons. The van der Waals surface area contributed by atoms with Gasteiger partial charge in [0.2, 0.25) is 0 Å². The van der Waals surface area contributed by atoms with E-state index in [1.165, 1.54) is 6.42 Å². The fourth-order valence-corrected chi connectivity index (χ4v) is 1.73. The van der Waals surface area contributed by atoms with Crippen LogP contribution in [0.4, 0.5) is 0 Å². The Balaban J connectivity index is 2.25. The fourth-order valence-electron chi connectivity index (χ4n) is 1.65. The largest absolute Gasteiger partial charge is 0.328 e. The van der Waals surface area contributed by atoms with Crippen molar-refractivity contribution in [3.63, 3.8) is 0 Å². The Labute approximate surface area is 79.4 Å². The molecule has 0 saturated carbocycles. The number of nitrogens with zero attached hydrogens (tertiary/aromatic N) is 1. The van der Waals surface area contributed by atoms with Crippen LogP contribution in [0.2, 0.25) is 0 Å². The average molecular weight is 189 g/mol. The summed E-state index contributed by atoms with van der Waals surface area (Å²) < 4.78 is 0. The third-order valence-corrected chi connectivity index (χ3v) is 2.68. The Morgan fingerprint density at radius 2 is 2.50 bits per heavy atom. The zero-order chi connectivity index (χ0) is 8.97. The molecule has 0 spiro atoms. The minimum Gasteiger partial charge on any atom is -0.328 e. The van der Waals surface area contributed by atoms with E-state index >= 15 is 0 Å². The molecule has 1 fully saturated rings. The van der Waals surface area contributed by atoms with Crippen molar-refractivity contribution in [1.82, 2.24) is 4.90 Å². The van der Waals surface area contributed by atoms with Crippen molar-refractivity contribution in [2.75, 3.05) is 19.6 Å². The molecular weight excluding hydrogens is 172 g/mol. The molecule has 0 aromatic rings. The lowest BCUT2D eigenvalue weighted by molar-refractivity contribution is 0.346. The first-order chi connectivity index (χ1) is 5.74. The Morgan fingerprint density at radius 1 is 1.75 bits per heavy atom. The molecule has 2 unspecified atom stereocenters. The van der Waals surface area contributed by atoms with Crippen molar-refractivity contribution in [3.05, 3.63) is 11.6 Å². The van der Waals surface area contributed by atoms with Crippen molar-refractivity contribution in [3.8, 4) is 0 Å². The van der Waals surface area contributed by atoms with Crippen LogP contribution in [0.1, 0.15) is 13.3 Å². The van der Waals surface area contributed by atoms with Crippen LogP contribution in [-0.2, 0) is 0 Å². The van der Waals surface area contributed by atoms with Gasteiger partial charge in [-0.2, -0.15) is 0 Å². The lowest BCUT2D eigenvalue weighted by Gasteiger charge is -2.15. The maximum Gasteiger partial charge on any atom is 0.0174 e. The van der Waals surface area contributed by atoms with E-state index in [0.717, 1.165) is 19.6 Å². The van der Waals surface area contributed by atoms with Gasteiger partial charge in [0.05, 0.1) is 0 Å². The average Bonchev–Trinajstić information content (AvgIpc) is 2.48. The molecule has 1 heterocycles. The van der Waals surface area contributed by atoms with E-state index in [1.54, 1.807) is 5.54 Å². The van der Waals surface area contributed by atoms with Crippen LogP contribution in [-0.4, -0.2) is 30.6 Å². The van der Waals surface area contributed by atoms with E-state index < -0.39 is 0 Å². The van der Waals surface area contributed by atoms with Crippen molar-refractivity contribution in [2.45, 2.75) is 19.4 Å². The van der Waals surface area contributed by atoms with Crippen LogP contribution in [0.5, 0.6) is 0 Å². The number of hydrogen-bond donors (Lipinski definition) is 1. The first-order valence-corrected chi connectivity index (χ1v) is 4.91. The molecule has 0 bridgehead atoms. The van der Waals surface area contributed by atoms with E-state index in [2.05, 4.69) is 11.8 Å². The summed E-state index contributed by atoms with van der Waals surface area (Å²) in [7, 11) is 0. The highest BCUT2D eigenvalue weighted by molar-refractivity contribution is 6.25. The van der Waals surface area contributed by atoms with E-state index in [1.807, 2.05) is 6.08 Å². The highest BCUT2D eigenvalue weighted by Crippen LogP contribution is 2.17. The van der Waals surface area contributed by atoms with Gasteiger partial charge in [0, 0.05) is 24.7 Å². The highest BCUT2D eigenvalue weighted by Gasteiger charge is 2.23. The summed E-state index contributed by atoms with van der Waals surface area (Å²) in [5.41, 5.74) is 7.40. The number of likely N-dealkylation sites (tertiary alicyclic amines) is 1. The monoisotopic (exact) mass is 188 g/mol. The van der Waals surface area contributed by atoms with Crippen molar-refractivity contribution in [1.29, 1.82) is 0 Å². The molecule has 2 N–H and O–H groups in total. The second-order valence-corrected chi connectivity index (χ2v) is 3.78. The van der Waals surface area contributed by atoms with Crippen LogP contribution >= 0.6 is 11.6 Å². The van der Waals surface area contributed by atoms with Crippen LogP contribution < -0.4 is 5.73 Å². The molecule has 0 aromatic heterocycles. The first kappa shape index (κ1) is 10.0. The van der Waals surface area contributed by atoms with Gasteiger partial charge in [0.15, 0.2) is 0 Å². The molecular formula is C9H17ClN2. The van der Waals surface area contributed by atoms with E-state index in [9.17, 15) is 0 Å². The molecule has 1 rings (SSSR count). The summed E-state index contributed by atoms with van der Waals surface area (Å²) in [5, 5.41) is 0. The molecule has 0 aromatic carbocycles. The van der Waals surface area contributed by atoms with Gasteiger partial charge in [-0.05, 0) is 25.8 Å². The molecule has 2 nitrogen and oxygen atoms in total. The second-order valence-electron chi connectivity index (χ2n) is 3.53. The molecule has 3 heteroatoms. The summed E-state index contributed by atoms with van der Waals surface area (Å²) in [4.78, 5) is 2.38. The molecule has 12 heavy (non-hydrogen) atoms. The van der Waals surface area contributed by atoms with Crippen molar-refractivity contribution >= 4 is 11.6 Å². The molecule has 0 aliphatic carbocycles. The third-order valence-electron chi connectivity index (χ3n) is 2.51. The number of rotatable bonds is 3. The van der Waals surface area contributed by atoms with Gasteiger partial charge in [-0.3, -0.25) is 4.90 Å². The van der Waals surface area contributed by atoms with Gasteiger partial charge >= 0.3 is 0 Å². The van der Waals surface area contributed by atoms with Crippen molar-refractivity contribution < 1.29 is 0 Å². The fraction of sp³-hybridized carbons (Fsp3) is 0.778. The number of halogens is 1. The minimum absolute atomic E-state index is 0.329. The second kappa shape index (κ2) is 4.85. The van der Waals surface area contributed by atoms with Crippen LogP contribution in [0, 0.1) is 5.92 Å². The lowest BCUT2D eigenvalue weighted by Crippen LogP contribution is -2.29. The maximum atomic E-state index is 5.82. The van der Waals surface area contributed by atoms with Gasteiger partial charge in [-0.1, -0.05) is 17.7 Å². The van der Waals surface area contributed by atoms with Crippen LogP contribution in [0.3, 0.4) is 0 Å². The molecule has 1 aliphatic heterocycles. The van der Waals surface area contributed by atoms with E-state index in [0.29, 0.717) is 12.0 Å². The number of nitrogens with two attached hydrogens (primary N) is 1. The van der Waals surface area contributed by atoms with Gasteiger partial charge in [0.1, 0.15) is 0 Å². The topological polar surface area (TPSA) is 29.3 Å². The first-order valence-electron chi connectivity index (χ1n) is 4.47. The molecule has 1 aliphatic rings. The zero-order valence-corrected chi connectivity index (χ0v) is 8.30. The zero-order valence-electron chi connectivity index (χ0n) is 7.54. The molecule has 2 atom stereocenters. The lowest BCUT2D eigenvalue weighted by atomic mass is 10.0.